The molecule has 0 radical (unpaired) electrons. The minimum Gasteiger partial charge on any atom is -0.476 e. The highest BCUT2D eigenvalue weighted by Gasteiger charge is 2.58. The van der Waals surface area contributed by atoms with E-state index in [0.717, 1.165) is 16.9 Å². The number of carbonyl (C=O) groups excluding carboxylic acids is 4. The van der Waals surface area contributed by atoms with Crippen molar-refractivity contribution >= 4 is 73.3 Å². The minimum absolute atomic E-state index is 0.0706. The number of fused-ring (bicyclic) bond motifs is 1. The predicted molar refractivity (Wildman–Crippen MR) is 160 cm³/mol. The van der Waals surface area contributed by atoms with Crippen LogP contribution in [0.4, 0.5) is 5.13 Å². The van der Waals surface area contributed by atoms with Gasteiger partial charge in [-0.1, -0.05) is 22.9 Å². The van der Waals surface area contributed by atoms with E-state index in [0.29, 0.717) is 11.3 Å². The molecule has 246 valence electrons. The van der Waals surface area contributed by atoms with Crippen LogP contribution in [0.3, 0.4) is 0 Å². The lowest BCUT2D eigenvalue weighted by atomic mass is 10.0. The van der Waals surface area contributed by atoms with Crippen molar-refractivity contribution in [3.8, 4) is 0 Å². The van der Waals surface area contributed by atoms with E-state index in [1.165, 1.54) is 29.6 Å². The molecule has 0 saturated carbocycles. The van der Waals surface area contributed by atoms with Crippen molar-refractivity contribution in [2.45, 2.75) is 49.6 Å². The van der Waals surface area contributed by atoms with E-state index in [1.807, 2.05) is 0 Å². The molecule has 2 unspecified atom stereocenters. The number of oxime groups is 1. The first-order valence-corrected chi connectivity index (χ1v) is 16.8. The van der Waals surface area contributed by atoms with Crippen LogP contribution in [0.1, 0.15) is 32.0 Å². The number of hydrogen-bond acceptors (Lipinski definition) is 14. The molecule has 46 heavy (non-hydrogen) atoms. The van der Waals surface area contributed by atoms with Crippen LogP contribution in [0.5, 0.6) is 0 Å². The number of aryl methyl sites for hydroxylation is 1. The van der Waals surface area contributed by atoms with Gasteiger partial charge >= 0.3 is 22.1 Å². The number of carboxylic acid groups (broad SMARTS) is 1. The Labute approximate surface area is 268 Å². The average molecular weight is 698 g/mol. The maximum Gasteiger partial charge on any atom is 0.356 e. The lowest BCUT2D eigenvalue weighted by molar-refractivity contribution is -0.160. The molecule has 3 N–H and O–H groups in total. The highest BCUT2D eigenvalue weighted by molar-refractivity contribution is 7.87. The summed E-state index contributed by atoms with van der Waals surface area (Å²) in [6.45, 7) is 5.90. The molecule has 3 amide bonds. The number of aromatic nitrogens is 1. The molecular formula is C26H27N5O12S3. The van der Waals surface area contributed by atoms with E-state index >= 15 is 0 Å². The Morgan fingerprint density at radius 2 is 1.91 bits per heavy atom. The average Bonchev–Trinajstić information content (AvgIpc) is 3.41. The van der Waals surface area contributed by atoms with Gasteiger partial charge in [-0.05, 0) is 39.8 Å². The maximum absolute atomic E-state index is 13.3. The van der Waals surface area contributed by atoms with Gasteiger partial charge in [-0.3, -0.25) is 23.5 Å². The second kappa shape index (κ2) is 13.3. The zero-order valence-corrected chi connectivity index (χ0v) is 27.0. The van der Waals surface area contributed by atoms with Gasteiger partial charge in [-0.2, -0.15) is 8.42 Å². The number of thiazole rings is 1. The molecule has 3 heterocycles. The SMILES string of the molecule is Cc1ccc(S(=O)(=O)OC2=C(C(=O)O)N3C(=O)C(NC(=O)C(=NOCC(=O)OC(C)(C)C)c4csc(NC=O)n4)[C@@H]3S(=O)C2)cc1. The Morgan fingerprint density at radius 3 is 2.52 bits per heavy atom. The van der Waals surface area contributed by atoms with Crippen molar-refractivity contribution in [3.63, 3.8) is 0 Å². The van der Waals surface area contributed by atoms with Crippen LogP contribution < -0.4 is 10.6 Å². The van der Waals surface area contributed by atoms with Crippen LogP contribution in [0.25, 0.3) is 0 Å². The van der Waals surface area contributed by atoms with Gasteiger partial charge in [0.1, 0.15) is 27.6 Å². The fourth-order valence-electron chi connectivity index (χ4n) is 4.13. The number of ether oxygens (including phenoxy) is 1. The quantitative estimate of drug-likeness (QED) is 0.0672. The van der Waals surface area contributed by atoms with E-state index in [9.17, 15) is 41.7 Å². The number of anilines is 1. The van der Waals surface area contributed by atoms with Gasteiger partial charge in [0.15, 0.2) is 22.3 Å². The Hall–Kier alpha value is -4.69. The summed E-state index contributed by atoms with van der Waals surface area (Å²) in [6, 6.07) is 3.93. The number of rotatable bonds is 12. The number of β-lactam (4-membered cyclic amide) rings is 1. The van der Waals surface area contributed by atoms with Gasteiger partial charge in [0.2, 0.25) is 13.0 Å². The number of nitrogens with one attached hydrogen (secondary N) is 2. The van der Waals surface area contributed by atoms with Gasteiger partial charge < -0.3 is 29.5 Å². The number of esters is 1. The Kier molecular flexibility index (Phi) is 9.92. The minimum atomic E-state index is -4.56. The van der Waals surface area contributed by atoms with Crippen LogP contribution in [-0.2, 0) is 58.6 Å². The molecule has 20 heteroatoms. The number of carbonyl (C=O) groups is 5. The molecule has 1 aromatic heterocycles. The topological polar surface area (TPSA) is 237 Å². The zero-order chi connectivity index (χ0) is 34.0. The van der Waals surface area contributed by atoms with Crippen LogP contribution in [0.15, 0.2) is 51.2 Å². The molecular weight excluding hydrogens is 671 g/mol. The third-order valence-corrected chi connectivity index (χ3v) is 9.61. The van der Waals surface area contributed by atoms with Crippen molar-refractivity contribution in [1.29, 1.82) is 0 Å². The molecule has 0 bridgehead atoms. The van der Waals surface area contributed by atoms with Crippen molar-refractivity contribution < 1.29 is 55.5 Å². The van der Waals surface area contributed by atoms with Gasteiger partial charge in [-0.25, -0.2) is 14.6 Å². The van der Waals surface area contributed by atoms with Gasteiger partial charge in [0.05, 0.1) is 16.6 Å². The van der Waals surface area contributed by atoms with Gasteiger partial charge in [0, 0.05) is 5.38 Å². The highest BCUT2D eigenvalue weighted by Crippen LogP contribution is 2.36. The number of amides is 3. The van der Waals surface area contributed by atoms with Crippen LogP contribution in [-0.4, -0.2) is 92.9 Å². The number of carboxylic acids is 1. The Morgan fingerprint density at radius 1 is 1.24 bits per heavy atom. The Balaban J connectivity index is 1.57. The second-order valence-corrected chi connectivity index (χ2v) is 14.5. The Bertz CT molecular complexity index is 1780. The second-order valence-electron chi connectivity index (χ2n) is 10.6. The molecule has 2 aliphatic rings. The smallest absolute Gasteiger partial charge is 0.356 e. The van der Waals surface area contributed by atoms with Gasteiger partial charge in [0.25, 0.3) is 11.8 Å². The molecule has 3 atom stereocenters. The molecule has 1 aromatic carbocycles. The number of nitrogens with zero attached hydrogens (tertiary/aromatic N) is 3. The molecule has 1 saturated heterocycles. The summed E-state index contributed by atoms with van der Waals surface area (Å²) in [6.07, 6.45) is 0.343. The van der Waals surface area contributed by atoms with Gasteiger partial charge in [-0.15, -0.1) is 11.3 Å². The highest BCUT2D eigenvalue weighted by atomic mass is 32.2. The number of benzene rings is 1. The number of aliphatic carboxylic acids is 1. The predicted octanol–water partition coefficient (Wildman–Crippen LogP) is 0.199. The first-order chi connectivity index (χ1) is 21.5. The number of hydrogen-bond donors (Lipinski definition) is 3. The maximum atomic E-state index is 13.3. The van der Waals surface area contributed by atoms with Crippen molar-refractivity contribution in [2.75, 3.05) is 17.7 Å². The normalized spacial score (nSPS) is 19.8. The molecule has 0 spiro atoms. The van der Waals surface area contributed by atoms with E-state index in [-0.39, 0.29) is 15.7 Å². The molecule has 1 fully saturated rings. The molecule has 2 aromatic rings. The summed E-state index contributed by atoms with van der Waals surface area (Å²) in [5.74, 6) is -6.10. The standard InChI is InChI=1S/C26H27N5O12S3/c1-13-5-7-14(8-6-13)46(39,40)43-16-11-45(38)23-19(22(35)31(23)20(16)24(36)37)29-21(34)18(15-10-44-25(28-15)27-12-32)30-41-9-17(33)42-26(2,3)4/h5-8,10,12,19,23H,9,11H2,1-4H3,(H,29,34)(H,36,37)(H,27,28,32)/t19?,23-,45?/m0/s1. The lowest BCUT2D eigenvalue weighted by Crippen LogP contribution is -2.74. The summed E-state index contributed by atoms with van der Waals surface area (Å²) < 4.78 is 49.1. The summed E-state index contributed by atoms with van der Waals surface area (Å²) in [5.41, 5.74) is -1.61. The van der Waals surface area contributed by atoms with E-state index in [2.05, 4.69) is 20.8 Å². The lowest BCUT2D eigenvalue weighted by Gasteiger charge is -2.48. The van der Waals surface area contributed by atoms with Crippen LogP contribution in [0, 0.1) is 6.92 Å². The van der Waals surface area contributed by atoms with Crippen molar-refractivity contribution in [1.82, 2.24) is 15.2 Å². The van der Waals surface area contributed by atoms with Crippen LogP contribution >= 0.6 is 11.3 Å². The third-order valence-electron chi connectivity index (χ3n) is 6.00. The summed E-state index contributed by atoms with van der Waals surface area (Å²) in [5, 5.41) is 18.1. The molecule has 0 aliphatic carbocycles. The monoisotopic (exact) mass is 697 g/mol. The van der Waals surface area contributed by atoms with Crippen LogP contribution in [0.2, 0.25) is 0 Å². The largest absolute Gasteiger partial charge is 0.476 e. The first-order valence-electron chi connectivity index (χ1n) is 13.1. The fourth-order valence-corrected chi connectivity index (χ4v) is 7.38. The van der Waals surface area contributed by atoms with E-state index < -0.39 is 91.2 Å². The van der Waals surface area contributed by atoms with E-state index in [1.54, 1.807) is 27.7 Å². The first kappa shape index (κ1) is 34.2. The summed E-state index contributed by atoms with van der Waals surface area (Å²) in [4.78, 5) is 70.9. The zero-order valence-electron chi connectivity index (χ0n) is 24.5. The summed E-state index contributed by atoms with van der Waals surface area (Å²) in [7, 11) is -6.71. The fraction of sp³-hybridized carbons (Fsp3) is 0.346. The summed E-state index contributed by atoms with van der Waals surface area (Å²) >= 11 is 0.913. The third kappa shape index (κ3) is 7.57. The van der Waals surface area contributed by atoms with E-state index in [4.69, 9.17) is 13.8 Å². The van der Waals surface area contributed by atoms with Crippen molar-refractivity contribution in [3.05, 3.63) is 52.4 Å². The van der Waals surface area contributed by atoms with Crippen molar-refractivity contribution in [2.24, 2.45) is 5.16 Å². The molecule has 17 nitrogen and oxygen atoms in total. The molecule has 2 aliphatic heterocycles. The molecule has 4 rings (SSSR count).